The molecule has 1 N–H and O–H groups in total. The van der Waals surface area contributed by atoms with Crippen molar-refractivity contribution in [3.8, 4) is 5.75 Å². The van der Waals surface area contributed by atoms with Gasteiger partial charge in [0.05, 0.1) is 24.1 Å². The summed E-state index contributed by atoms with van der Waals surface area (Å²) in [6, 6.07) is 7.02. The molecular weight excluding hydrogens is 258 g/mol. The minimum Gasteiger partial charge on any atom is -0.507 e. The smallest absolute Gasteiger partial charge is 0.310 e. The molecular formula is C15H17NO4. The number of nitrogens with zero attached hydrogens (tertiary/aromatic N) is 1. The number of benzene rings is 1. The fourth-order valence-corrected chi connectivity index (χ4v) is 2.11. The van der Waals surface area contributed by atoms with Crippen LogP contribution < -0.4 is 5.56 Å². The molecule has 0 fully saturated rings. The lowest BCUT2D eigenvalue weighted by Gasteiger charge is -2.11. The summed E-state index contributed by atoms with van der Waals surface area (Å²) in [5.74, 6) is -0.647. The number of esters is 1. The van der Waals surface area contributed by atoms with Crippen molar-refractivity contribution in [3.63, 3.8) is 0 Å². The van der Waals surface area contributed by atoms with Gasteiger partial charge >= 0.3 is 5.97 Å². The van der Waals surface area contributed by atoms with Crippen molar-refractivity contribution in [1.82, 2.24) is 4.57 Å². The Labute approximate surface area is 116 Å². The molecule has 0 unspecified atom stereocenters. The van der Waals surface area contributed by atoms with Gasteiger partial charge in [-0.3, -0.25) is 9.59 Å². The zero-order valence-corrected chi connectivity index (χ0v) is 11.5. The van der Waals surface area contributed by atoms with Gasteiger partial charge in [0.2, 0.25) is 0 Å². The Morgan fingerprint density at radius 2 is 2.05 bits per heavy atom. The lowest BCUT2D eigenvalue weighted by atomic mass is 10.1. The Bertz CT molecular complexity index is 703. The molecule has 0 aliphatic carbocycles. The summed E-state index contributed by atoms with van der Waals surface area (Å²) in [7, 11) is 1.62. The van der Waals surface area contributed by atoms with Gasteiger partial charge in [0.1, 0.15) is 5.75 Å². The normalized spacial score (nSPS) is 10.7. The Hall–Kier alpha value is -2.30. The van der Waals surface area contributed by atoms with Crippen LogP contribution in [0.15, 0.2) is 29.1 Å². The van der Waals surface area contributed by atoms with E-state index in [4.69, 9.17) is 4.74 Å². The zero-order valence-electron chi connectivity index (χ0n) is 11.5. The second-order valence-electron chi connectivity index (χ2n) is 4.61. The number of rotatable bonds is 4. The van der Waals surface area contributed by atoms with Gasteiger partial charge in [0.15, 0.2) is 0 Å². The first kappa shape index (κ1) is 14.1. The van der Waals surface area contributed by atoms with E-state index in [1.165, 1.54) is 4.57 Å². The number of carbonyl (C=O) groups excluding carboxylic acids is 1. The number of carbonyl (C=O) groups is 1. The van der Waals surface area contributed by atoms with Gasteiger partial charge < -0.3 is 14.4 Å². The van der Waals surface area contributed by atoms with Gasteiger partial charge in [0, 0.05) is 12.4 Å². The quantitative estimate of drug-likeness (QED) is 0.863. The van der Waals surface area contributed by atoms with Crippen LogP contribution in [0.2, 0.25) is 0 Å². The van der Waals surface area contributed by atoms with E-state index in [2.05, 4.69) is 0 Å². The van der Waals surface area contributed by atoms with Gasteiger partial charge in [-0.1, -0.05) is 19.1 Å². The lowest BCUT2D eigenvalue weighted by Crippen LogP contribution is -2.24. The SMILES string of the molecule is CCCOC(=O)Cc1c(O)c2ccccc2n(C)c1=O. The van der Waals surface area contributed by atoms with Crippen molar-refractivity contribution in [1.29, 1.82) is 0 Å². The first-order valence-electron chi connectivity index (χ1n) is 6.51. The largest absolute Gasteiger partial charge is 0.507 e. The number of para-hydroxylation sites is 1. The maximum atomic E-state index is 12.2. The van der Waals surface area contributed by atoms with E-state index in [1.807, 2.05) is 6.92 Å². The van der Waals surface area contributed by atoms with E-state index in [9.17, 15) is 14.7 Å². The number of aromatic nitrogens is 1. The molecule has 2 rings (SSSR count). The molecule has 0 amide bonds. The van der Waals surface area contributed by atoms with Gasteiger partial charge in [0.25, 0.3) is 5.56 Å². The van der Waals surface area contributed by atoms with E-state index in [0.29, 0.717) is 23.9 Å². The molecule has 0 saturated heterocycles. The fourth-order valence-electron chi connectivity index (χ4n) is 2.11. The maximum absolute atomic E-state index is 12.2. The average molecular weight is 275 g/mol. The minimum absolute atomic E-state index is 0.0762. The Morgan fingerprint density at radius 3 is 2.75 bits per heavy atom. The van der Waals surface area contributed by atoms with Crippen LogP contribution in [-0.2, 0) is 23.0 Å². The van der Waals surface area contributed by atoms with E-state index in [0.717, 1.165) is 0 Å². The molecule has 1 aromatic heterocycles. The van der Waals surface area contributed by atoms with Crippen molar-refractivity contribution in [3.05, 3.63) is 40.2 Å². The van der Waals surface area contributed by atoms with Crippen LogP contribution in [0.3, 0.4) is 0 Å². The Kier molecular flexibility index (Phi) is 4.08. The third-order valence-electron chi connectivity index (χ3n) is 3.16. The summed E-state index contributed by atoms with van der Waals surface area (Å²) >= 11 is 0. The van der Waals surface area contributed by atoms with Gasteiger partial charge in [-0.2, -0.15) is 0 Å². The average Bonchev–Trinajstić information content (AvgIpc) is 2.47. The number of hydrogen-bond acceptors (Lipinski definition) is 4. The number of fused-ring (bicyclic) bond motifs is 1. The molecule has 0 saturated carbocycles. The van der Waals surface area contributed by atoms with E-state index in [-0.39, 0.29) is 23.3 Å². The standard InChI is InChI=1S/C15H17NO4/c1-3-8-20-13(17)9-11-14(18)10-6-4-5-7-12(10)16(2)15(11)19/h4-7,18H,3,8-9H2,1-2H3. The highest BCUT2D eigenvalue weighted by atomic mass is 16.5. The van der Waals surface area contributed by atoms with Crippen molar-refractivity contribution in [2.45, 2.75) is 19.8 Å². The number of pyridine rings is 1. The second-order valence-corrected chi connectivity index (χ2v) is 4.61. The Balaban J connectivity index is 2.49. The summed E-state index contributed by atoms with van der Waals surface area (Å²) in [5.41, 5.74) is 0.322. The minimum atomic E-state index is -0.505. The van der Waals surface area contributed by atoms with Crippen molar-refractivity contribution in [2.24, 2.45) is 7.05 Å². The van der Waals surface area contributed by atoms with Crippen molar-refractivity contribution < 1.29 is 14.6 Å². The van der Waals surface area contributed by atoms with E-state index < -0.39 is 5.97 Å². The third-order valence-corrected chi connectivity index (χ3v) is 3.16. The molecule has 5 heteroatoms. The van der Waals surface area contributed by atoms with E-state index in [1.54, 1.807) is 31.3 Å². The summed E-state index contributed by atoms with van der Waals surface area (Å²) in [4.78, 5) is 23.8. The third kappa shape index (κ3) is 2.52. The number of ether oxygens (including phenoxy) is 1. The Morgan fingerprint density at radius 1 is 1.35 bits per heavy atom. The second kappa shape index (κ2) is 5.77. The topological polar surface area (TPSA) is 68.5 Å². The van der Waals surface area contributed by atoms with Crippen LogP contribution in [0.25, 0.3) is 10.9 Å². The van der Waals surface area contributed by atoms with Crippen LogP contribution in [0, 0.1) is 0 Å². The molecule has 0 bridgehead atoms. The molecule has 0 aliphatic heterocycles. The highest BCUT2D eigenvalue weighted by Crippen LogP contribution is 2.26. The molecule has 0 radical (unpaired) electrons. The maximum Gasteiger partial charge on any atom is 0.310 e. The van der Waals surface area contributed by atoms with E-state index >= 15 is 0 Å². The highest BCUT2D eigenvalue weighted by Gasteiger charge is 2.17. The van der Waals surface area contributed by atoms with Gasteiger partial charge in [-0.15, -0.1) is 0 Å². The molecule has 20 heavy (non-hydrogen) atoms. The van der Waals surface area contributed by atoms with Crippen LogP contribution in [-0.4, -0.2) is 22.2 Å². The van der Waals surface area contributed by atoms with Gasteiger partial charge in [-0.05, 0) is 18.6 Å². The number of hydrogen-bond donors (Lipinski definition) is 1. The number of aromatic hydroxyl groups is 1. The van der Waals surface area contributed by atoms with Gasteiger partial charge in [-0.25, -0.2) is 0 Å². The first-order valence-corrected chi connectivity index (χ1v) is 6.51. The summed E-state index contributed by atoms with van der Waals surface area (Å²) < 4.78 is 6.39. The molecule has 1 aromatic carbocycles. The predicted octanol–water partition coefficient (Wildman–Crippen LogP) is 1.74. The fraction of sp³-hybridized carbons (Fsp3) is 0.333. The molecule has 106 valence electrons. The first-order chi connectivity index (χ1) is 9.56. The molecule has 0 spiro atoms. The van der Waals surface area contributed by atoms with Crippen LogP contribution in [0.4, 0.5) is 0 Å². The number of aryl methyl sites for hydroxylation is 1. The zero-order chi connectivity index (χ0) is 14.7. The molecule has 5 nitrogen and oxygen atoms in total. The summed E-state index contributed by atoms with van der Waals surface area (Å²) in [5, 5.41) is 10.8. The molecule has 0 aliphatic rings. The van der Waals surface area contributed by atoms with Crippen LogP contribution in [0.1, 0.15) is 18.9 Å². The van der Waals surface area contributed by atoms with Crippen molar-refractivity contribution >= 4 is 16.9 Å². The molecule has 0 atom stereocenters. The van der Waals surface area contributed by atoms with Crippen LogP contribution >= 0.6 is 0 Å². The molecule has 1 heterocycles. The lowest BCUT2D eigenvalue weighted by molar-refractivity contribution is -0.142. The van der Waals surface area contributed by atoms with Crippen LogP contribution in [0.5, 0.6) is 5.75 Å². The van der Waals surface area contributed by atoms with Crippen molar-refractivity contribution in [2.75, 3.05) is 6.61 Å². The summed E-state index contributed by atoms with van der Waals surface area (Å²) in [6.45, 7) is 2.20. The monoisotopic (exact) mass is 275 g/mol. The highest BCUT2D eigenvalue weighted by molar-refractivity contribution is 5.87. The molecule has 2 aromatic rings. The summed E-state index contributed by atoms with van der Waals surface area (Å²) in [6.07, 6.45) is 0.497. The predicted molar refractivity (Wildman–Crippen MR) is 75.8 cm³/mol.